The summed E-state index contributed by atoms with van der Waals surface area (Å²) in [6.07, 6.45) is 0.722. The van der Waals surface area contributed by atoms with Crippen LogP contribution >= 0.6 is 11.3 Å². The molecule has 1 heterocycles. The number of aryl methyl sites for hydroxylation is 1. The summed E-state index contributed by atoms with van der Waals surface area (Å²) in [5.41, 5.74) is 6.71. The van der Waals surface area contributed by atoms with Crippen molar-refractivity contribution in [3.8, 4) is 0 Å². The molecule has 2 N–H and O–H groups in total. The molecule has 0 saturated carbocycles. The van der Waals surface area contributed by atoms with Gasteiger partial charge in [-0.1, -0.05) is 19.1 Å². The lowest BCUT2D eigenvalue weighted by Crippen LogP contribution is -2.39. The first-order valence-corrected chi connectivity index (χ1v) is 7.72. The largest absolute Gasteiger partial charge is 0.368 e. The molecule has 0 bridgehead atoms. The highest BCUT2D eigenvalue weighted by Gasteiger charge is 2.29. The topological polar surface area (TPSA) is 63.4 Å². The highest BCUT2D eigenvalue weighted by Crippen LogP contribution is 2.25. The lowest BCUT2D eigenvalue weighted by Gasteiger charge is -2.26. The second kappa shape index (κ2) is 6.70. The van der Waals surface area contributed by atoms with Gasteiger partial charge in [-0.05, 0) is 41.1 Å². The van der Waals surface area contributed by atoms with Gasteiger partial charge in [-0.25, -0.2) is 4.39 Å². The quantitative estimate of drug-likeness (QED) is 0.920. The number of nitrogens with zero attached hydrogens (tertiary/aromatic N) is 1. The molecule has 0 aliphatic carbocycles. The van der Waals surface area contributed by atoms with E-state index in [4.69, 9.17) is 5.73 Å². The van der Waals surface area contributed by atoms with Gasteiger partial charge >= 0.3 is 0 Å². The molecular formula is C16H17FN2O2S. The normalized spacial score (nSPS) is 12.0. The van der Waals surface area contributed by atoms with Gasteiger partial charge in [0.25, 0.3) is 5.91 Å². The Labute approximate surface area is 132 Å². The van der Waals surface area contributed by atoms with Gasteiger partial charge in [0, 0.05) is 7.05 Å². The molecule has 0 spiro atoms. The summed E-state index contributed by atoms with van der Waals surface area (Å²) in [6.45, 7) is 1.96. The maximum atomic E-state index is 13.4. The smallest absolute Gasteiger partial charge is 0.264 e. The number of nitrogens with two attached hydrogens (primary N) is 1. The van der Waals surface area contributed by atoms with Gasteiger partial charge in [0.05, 0.1) is 4.88 Å². The Kier molecular flexibility index (Phi) is 4.92. The predicted molar refractivity (Wildman–Crippen MR) is 84.1 cm³/mol. The third kappa shape index (κ3) is 3.17. The van der Waals surface area contributed by atoms with E-state index < -0.39 is 17.8 Å². The van der Waals surface area contributed by atoms with Crippen LogP contribution in [0.5, 0.6) is 0 Å². The molecule has 1 atom stereocenters. The number of amides is 2. The van der Waals surface area contributed by atoms with Crippen LogP contribution in [0, 0.1) is 5.82 Å². The Morgan fingerprint density at radius 3 is 2.68 bits per heavy atom. The van der Waals surface area contributed by atoms with Crippen molar-refractivity contribution in [3.05, 3.63) is 57.5 Å². The third-order valence-corrected chi connectivity index (χ3v) is 4.41. The van der Waals surface area contributed by atoms with Crippen molar-refractivity contribution < 1.29 is 14.0 Å². The lowest BCUT2D eigenvalue weighted by atomic mass is 10.0. The molecule has 2 aromatic rings. The van der Waals surface area contributed by atoms with E-state index in [0.29, 0.717) is 10.4 Å². The second-order valence-electron chi connectivity index (χ2n) is 4.90. The Bertz CT molecular complexity index is 699. The molecule has 0 unspecified atom stereocenters. The molecule has 0 aliphatic heterocycles. The number of primary amides is 1. The molecule has 0 radical (unpaired) electrons. The van der Waals surface area contributed by atoms with Gasteiger partial charge < -0.3 is 10.6 Å². The molecule has 4 nitrogen and oxygen atoms in total. The average molecular weight is 320 g/mol. The van der Waals surface area contributed by atoms with E-state index in [-0.39, 0.29) is 5.91 Å². The lowest BCUT2D eigenvalue weighted by molar-refractivity contribution is -0.122. The fourth-order valence-corrected chi connectivity index (χ4v) is 3.31. The minimum absolute atomic E-state index is 0.292. The molecule has 0 fully saturated rings. The highest BCUT2D eigenvalue weighted by atomic mass is 32.1. The van der Waals surface area contributed by atoms with Gasteiger partial charge in [-0.2, -0.15) is 0 Å². The van der Waals surface area contributed by atoms with Crippen LogP contribution in [-0.4, -0.2) is 23.8 Å². The zero-order valence-corrected chi connectivity index (χ0v) is 13.2. The van der Waals surface area contributed by atoms with E-state index in [2.05, 4.69) is 0 Å². The molecule has 2 rings (SSSR count). The molecule has 0 saturated heterocycles. The van der Waals surface area contributed by atoms with Crippen LogP contribution in [0.2, 0.25) is 0 Å². The summed E-state index contributed by atoms with van der Waals surface area (Å²) in [6, 6.07) is 6.44. The summed E-state index contributed by atoms with van der Waals surface area (Å²) in [5, 5.41) is 1.83. The fraction of sp³-hybridized carbons (Fsp3) is 0.250. The van der Waals surface area contributed by atoms with Crippen molar-refractivity contribution >= 4 is 23.2 Å². The summed E-state index contributed by atoms with van der Waals surface area (Å²) in [4.78, 5) is 26.3. The number of hydrogen-bond acceptors (Lipinski definition) is 3. The van der Waals surface area contributed by atoms with Crippen LogP contribution < -0.4 is 5.73 Å². The first-order chi connectivity index (χ1) is 10.5. The van der Waals surface area contributed by atoms with E-state index in [1.807, 2.05) is 18.4 Å². The number of carbonyl (C=O) groups is 2. The average Bonchev–Trinajstić information content (AvgIpc) is 2.94. The van der Waals surface area contributed by atoms with Gasteiger partial charge in [-0.15, -0.1) is 11.3 Å². The Morgan fingerprint density at radius 2 is 2.09 bits per heavy atom. The van der Waals surface area contributed by atoms with Crippen molar-refractivity contribution in [2.24, 2.45) is 5.73 Å². The SMILES string of the molecule is CCc1ccsc1C(=O)N(C)[C@H](C(N)=O)c1cccc(F)c1. The van der Waals surface area contributed by atoms with E-state index in [1.165, 1.54) is 41.5 Å². The van der Waals surface area contributed by atoms with Crippen LogP contribution in [0.4, 0.5) is 4.39 Å². The predicted octanol–water partition coefficient (Wildman–Crippen LogP) is 2.75. The Balaban J connectivity index is 2.37. The number of halogens is 1. The second-order valence-corrected chi connectivity index (χ2v) is 5.82. The molecule has 116 valence electrons. The van der Waals surface area contributed by atoms with Gasteiger partial charge in [-0.3, -0.25) is 9.59 Å². The van der Waals surface area contributed by atoms with E-state index in [0.717, 1.165) is 12.0 Å². The third-order valence-electron chi connectivity index (χ3n) is 3.46. The zero-order valence-electron chi connectivity index (χ0n) is 12.4. The van der Waals surface area contributed by atoms with Crippen LogP contribution in [0.15, 0.2) is 35.7 Å². The minimum Gasteiger partial charge on any atom is -0.368 e. The molecular weight excluding hydrogens is 303 g/mol. The number of hydrogen-bond donors (Lipinski definition) is 1. The Hall–Kier alpha value is -2.21. The molecule has 22 heavy (non-hydrogen) atoms. The summed E-state index contributed by atoms with van der Waals surface area (Å²) in [7, 11) is 1.50. The minimum atomic E-state index is -1.00. The molecule has 2 amide bonds. The summed E-state index contributed by atoms with van der Waals surface area (Å²) < 4.78 is 13.4. The van der Waals surface area contributed by atoms with E-state index >= 15 is 0 Å². The maximum absolute atomic E-state index is 13.4. The summed E-state index contributed by atoms with van der Waals surface area (Å²) >= 11 is 1.32. The molecule has 1 aromatic heterocycles. The Morgan fingerprint density at radius 1 is 1.36 bits per heavy atom. The van der Waals surface area contributed by atoms with Gasteiger partial charge in [0.2, 0.25) is 5.91 Å². The number of rotatable bonds is 5. The van der Waals surface area contributed by atoms with Crippen molar-refractivity contribution in [2.45, 2.75) is 19.4 Å². The first-order valence-electron chi connectivity index (χ1n) is 6.84. The fourth-order valence-electron chi connectivity index (χ4n) is 2.33. The molecule has 6 heteroatoms. The van der Waals surface area contributed by atoms with E-state index in [1.54, 1.807) is 6.07 Å². The van der Waals surface area contributed by atoms with Crippen LogP contribution in [0.1, 0.15) is 33.8 Å². The van der Waals surface area contributed by atoms with Crippen molar-refractivity contribution in [3.63, 3.8) is 0 Å². The highest BCUT2D eigenvalue weighted by molar-refractivity contribution is 7.12. The monoisotopic (exact) mass is 320 g/mol. The van der Waals surface area contributed by atoms with Gasteiger partial charge in [0.1, 0.15) is 11.9 Å². The van der Waals surface area contributed by atoms with E-state index in [9.17, 15) is 14.0 Å². The van der Waals surface area contributed by atoms with Crippen molar-refractivity contribution in [1.82, 2.24) is 4.90 Å². The van der Waals surface area contributed by atoms with Gasteiger partial charge in [0.15, 0.2) is 0 Å². The van der Waals surface area contributed by atoms with Crippen LogP contribution in [0.25, 0.3) is 0 Å². The number of thiophene rings is 1. The zero-order chi connectivity index (χ0) is 16.3. The standard InChI is InChI=1S/C16H17FN2O2S/c1-3-10-7-8-22-14(10)16(21)19(2)13(15(18)20)11-5-4-6-12(17)9-11/h4-9,13H,3H2,1-2H3,(H2,18,20)/t13-/m0/s1. The number of benzene rings is 1. The first kappa shape index (κ1) is 16.2. The summed E-state index contributed by atoms with van der Waals surface area (Å²) in [5.74, 6) is -1.47. The maximum Gasteiger partial charge on any atom is 0.264 e. The number of likely N-dealkylation sites (N-methyl/N-ethyl adjacent to an activating group) is 1. The van der Waals surface area contributed by atoms with Crippen LogP contribution in [0.3, 0.4) is 0 Å². The van der Waals surface area contributed by atoms with Crippen molar-refractivity contribution in [1.29, 1.82) is 0 Å². The molecule has 0 aliphatic rings. The number of carbonyl (C=O) groups excluding carboxylic acids is 2. The molecule has 1 aromatic carbocycles. The van der Waals surface area contributed by atoms with Crippen molar-refractivity contribution in [2.75, 3.05) is 7.05 Å². The van der Waals surface area contributed by atoms with Crippen LogP contribution in [-0.2, 0) is 11.2 Å².